The van der Waals surface area contributed by atoms with Gasteiger partial charge in [-0.15, -0.1) is 0 Å². The fourth-order valence-corrected chi connectivity index (χ4v) is 2.61. The van der Waals surface area contributed by atoms with Crippen LogP contribution < -0.4 is 4.74 Å². The maximum absolute atomic E-state index is 12.0. The number of ether oxygens (including phenoxy) is 1. The summed E-state index contributed by atoms with van der Waals surface area (Å²) in [6.45, 7) is 0.973. The summed E-state index contributed by atoms with van der Waals surface area (Å²) in [4.78, 5) is 14.2. The predicted octanol–water partition coefficient (Wildman–Crippen LogP) is 2.62. The van der Waals surface area contributed by atoms with E-state index in [-0.39, 0.29) is 5.78 Å². The Labute approximate surface area is 114 Å². The minimum Gasteiger partial charge on any atom is -0.497 e. The summed E-state index contributed by atoms with van der Waals surface area (Å²) in [5.41, 5.74) is 1.98. The molecule has 1 unspecified atom stereocenters. The second-order valence-electron chi connectivity index (χ2n) is 5.41. The number of hydrogen-bond acceptors (Lipinski definition) is 3. The molecule has 0 saturated heterocycles. The van der Waals surface area contributed by atoms with Gasteiger partial charge in [0.2, 0.25) is 0 Å². The van der Waals surface area contributed by atoms with Crippen LogP contribution in [-0.2, 0) is 4.79 Å². The van der Waals surface area contributed by atoms with Crippen molar-refractivity contribution in [1.29, 1.82) is 0 Å². The lowest BCUT2D eigenvalue weighted by atomic mass is 10.1. The van der Waals surface area contributed by atoms with Crippen molar-refractivity contribution < 1.29 is 9.53 Å². The van der Waals surface area contributed by atoms with Crippen molar-refractivity contribution in [2.45, 2.75) is 12.8 Å². The summed E-state index contributed by atoms with van der Waals surface area (Å²) >= 11 is 0. The second kappa shape index (κ2) is 6.02. The minimum atomic E-state index is 0.287. The molecule has 0 heterocycles. The van der Waals surface area contributed by atoms with Crippen molar-refractivity contribution >= 4 is 11.9 Å². The van der Waals surface area contributed by atoms with E-state index in [0.29, 0.717) is 12.3 Å². The zero-order chi connectivity index (χ0) is 13.8. The van der Waals surface area contributed by atoms with Crippen LogP contribution in [0, 0.1) is 5.92 Å². The number of carbonyl (C=O) groups is 1. The Hall–Kier alpha value is -1.61. The fourth-order valence-electron chi connectivity index (χ4n) is 2.61. The highest BCUT2D eigenvalue weighted by atomic mass is 16.5. The van der Waals surface area contributed by atoms with E-state index in [1.807, 2.05) is 44.4 Å². The van der Waals surface area contributed by atoms with Crippen LogP contribution >= 0.6 is 0 Å². The number of benzene rings is 1. The SMILES string of the molecule is COc1cccc(C=C2CC(CN(C)C)CC2=O)c1. The van der Waals surface area contributed by atoms with Gasteiger partial charge in [0.25, 0.3) is 0 Å². The average Bonchev–Trinajstić information content (AvgIpc) is 2.69. The lowest BCUT2D eigenvalue weighted by Crippen LogP contribution is -2.19. The molecule has 0 amide bonds. The van der Waals surface area contributed by atoms with Gasteiger partial charge in [0.15, 0.2) is 5.78 Å². The highest BCUT2D eigenvalue weighted by Crippen LogP contribution is 2.29. The third-order valence-electron chi connectivity index (χ3n) is 3.40. The van der Waals surface area contributed by atoms with Crippen LogP contribution in [0.25, 0.3) is 6.08 Å². The van der Waals surface area contributed by atoms with Crippen LogP contribution in [0.1, 0.15) is 18.4 Å². The molecule has 3 nitrogen and oxygen atoms in total. The lowest BCUT2D eigenvalue weighted by molar-refractivity contribution is -0.114. The molecular formula is C16H21NO2. The lowest BCUT2D eigenvalue weighted by Gasteiger charge is -2.13. The molecule has 1 aromatic rings. The summed E-state index contributed by atoms with van der Waals surface area (Å²) in [5, 5.41) is 0. The standard InChI is InChI=1S/C16H21NO2/c1-17(2)11-13-8-14(16(18)10-13)7-12-5-4-6-15(9-12)19-3/h4-7,9,13H,8,10-11H2,1-3H3. The van der Waals surface area contributed by atoms with Gasteiger partial charge in [0.1, 0.15) is 5.75 Å². The smallest absolute Gasteiger partial charge is 0.159 e. The summed E-state index contributed by atoms with van der Waals surface area (Å²) in [6, 6.07) is 7.82. The Balaban J connectivity index is 2.12. The quantitative estimate of drug-likeness (QED) is 0.778. The zero-order valence-electron chi connectivity index (χ0n) is 11.8. The van der Waals surface area contributed by atoms with Gasteiger partial charge in [0, 0.05) is 13.0 Å². The highest BCUT2D eigenvalue weighted by Gasteiger charge is 2.27. The van der Waals surface area contributed by atoms with E-state index in [2.05, 4.69) is 4.90 Å². The maximum Gasteiger partial charge on any atom is 0.159 e. The molecule has 1 aromatic carbocycles. The van der Waals surface area contributed by atoms with Crippen molar-refractivity contribution in [1.82, 2.24) is 4.90 Å². The van der Waals surface area contributed by atoms with Gasteiger partial charge >= 0.3 is 0 Å². The number of rotatable bonds is 4. The molecule has 1 fully saturated rings. The van der Waals surface area contributed by atoms with Crippen molar-refractivity contribution in [3.05, 3.63) is 35.4 Å². The van der Waals surface area contributed by atoms with Gasteiger partial charge in [-0.2, -0.15) is 0 Å². The Kier molecular flexibility index (Phi) is 4.38. The molecule has 0 aliphatic heterocycles. The summed E-state index contributed by atoms with van der Waals surface area (Å²) in [5.74, 6) is 1.57. The molecule has 1 atom stereocenters. The van der Waals surface area contributed by atoms with E-state index >= 15 is 0 Å². The van der Waals surface area contributed by atoms with Crippen LogP contribution in [0.3, 0.4) is 0 Å². The monoisotopic (exact) mass is 259 g/mol. The number of carbonyl (C=O) groups excluding carboxylic acids is 1. The van der Waals surface area contributed by atoms with Gasteiger partial charge in [-0.05, 0) is 55.8 Å². The third kappa shape index (κ3) is 3.67. The van der Waals surface area contributed by atoms with Crippen molar-refractivity contribution in [3.8, 4) is 5.75 Å². The van der Waals surface area contributed by atoms with Gasteiger partial charge in [0.05, 0.1) is 7.11 Å². The predicted molar refractivity (Wildman–Crippen MR) is 77.3 cm³/mol. The molecule has 1 aliphatic carbocycles. The van der Waals surface area contributed by atoms with E-state index < -0.39 is 0 Å². The van der Waals surface area contributed by atoms with Gasteiger partial charge in [-0.25, -0.2) is 0 Å². The number of methoxy groups -OCH3 is 1. The second-order valence-corrected chi connectivity index (χ2v) is 5.41. The maximum atomic E-state index is 12.0. The van der Waals surface area contributed by atoms with Gasteiger partial charge in [-0.1, -0.05) is 12.1 Å². The molecule has 3 heteroatoms. The molecule has 102 valence electrons. The normalized spacial score (nSPS) is 21.4. The van der Waals surface area contributed by atoms with E-state index in [1.165, 1.54) is 0 Å². The number of ketones is 1. The summed E-state index contributed by atoms with van der Waals surface area (Å²) in [6.07, 6.45) is 3.56. The van der Waals surface area contributed by atoms with E-state index in [9.17, 15) is 4.79 Å². The number of Topliss-reactive ketones (excluding diaryl/α,β-unsaturated/α-hetero) is 1. The van der Waals surface area contributed by atoms with Crippen LogP contribution in [0.2, 0.25) is 0 Å². The van der Waals surface area contributed by atoms with Crippen molar-refractivity contribution in [3.63, 3.8) is 0 Å². The first-order valence-corrected chi connectivity index (χ1v) is 6.61. The molecule has 0 aromatic heterocycles. The Morgan fingerprint density at radius 3 is 2.84 bits per heavy atom. The first kappa shape index (κ1) is 13.8. The molecular weight excluding hydrogens is 238 g/mol. The summed E-state index contributed by atoms with van der Waals surface area (Å²) < 4.78 is 5.20. The first-order chi connectivity index (χ1) is 9.08. The van der Waals surface area contributed by atoms with Gasteiger partial charge < -0.3 is 9.64 Å². The van der Waals surface area contributed by atoms with E-state index in [1.54, 1.807) is 7.11 Å². The van der Waals surface area contributed by atoms with E-state index in [0.717, 1.165) is 29.9 Å². The van der Waals surface area contributed by atoms with Crippen LogP contribution in [0.15, 0.2) is 29.8 Å². The Bertz CT molecular complexity index is 491. The minimum absolute atomic E-state index is 0.287. The van der Waals surface area contributed by atoms with Crippen molar-refractivity contribution in [2.75, 3.05) is 27.7 Å². The van der Waals surface area contributed by atoms with Gasteiger partial charge in [-0.3, -0.25) is 4.79 Å². The Morgan fingerprint density at radius 2 is 2.16 bits per heavy atom. The molecule has 0 bridgehead atoms. The largest absolute Gasteiger partial charge is 0.497 e. The topological polar surface area (TPSA) is 29.5 Å². The molecule has 1 saturated carbocycles. The summed E-state index contributed by atoms with van der Waals surface area (Å²) in [7, 11) is 5.75. The molecule has 2 rings (SSSR count). The van der Waals surface area contributed by atoms with Crippen LogP contribution in [0.5, 0.6) is 5.75 Å². The van der Waals surface area contributed by atoms with Crippen LogP contribution in [0.4, 0.5) is 0 Å². The fraction of sp³-hybridized carbons (Fsp3) is 0.438. The molecule has 0 spiro atoms. The van der Waals surface area contributed by atoms with Crippen molar-refractivity contribution in [2.24, 2.45) is 5.92 Å². The first-order valence-electron chi connectivity index (χ1n) is 6.61. The van der Waals surface area contributed by atoms with E-state index in [4.69, 9.17) is 4.74 Å². The van der Waals surface area contributed by atoms with Crippen LogP contribution in [-0.4, -0.2) is 38.4 Å². The average molecular weight is 259 g/mol. The Morgan fingerprint density at radius 1 is 1.37 bits per heavy atom. The molecule has 0 N–H and O–H groups in total. The third-order valence-corrected chi connectivity index (χ3v) is 3.40. The zero-order valence-corrected chi connectivity index (χ0v) is 11.8. The molecule has 0 radical (unpaired) electrons. The molecule has 1 aliphatic rings. The number of nitrogens with zero attached hydrogens (tertiary/aromatic N) is 1. The highest BCUT2D eigenvalue weighted by molar-refractivity contribution is 6.01. The number of hydrogen-bond donors (Lipinski definition) is 0. The number of allylic oxidation sites excluding steroid dienone is 1. The molecule has 19 heavy (non-hydrogen) atoms.